The number of halogens is 2. The van der Waals surface area contributed by atoms with E-state index in [0.29, 0.717) is 5.69 Å². The van der Waals surface area contributed by atoms with Crippen LogP contribution in [0, 0.1) is 11.3 Å². The summed E-state index contributed by atoms with van der Waals surface area (Å²) in [7, 11) is -0.925. The number of nitrogens with one attached hydrogen (secondary N) is 1. The monoisotopic (exact) mass is 397 g/mol. The quantitative estimate of drug-likeness (QED) is 0.855. The van der Waals surface area contributed by atoms with E-state index in [4.69, 9.17) is 28.5 Å². The summed E-state index contributed by atoms with van der Waals surface area (Å²) in [6.07, 6.45) is 0. The van der Waals surface area contributed by atoms with Crippen LogP contribution in [-0.4, -0.2) is 32.7 Å². The van der Waals surface area contributed by atoms with E-state index in [0.717, 1.165) is 4.31 Å². The summed E-state index contributed by atoms with van der Waals surface area (Å²) in [6, 6.07) is 10.2. The fourth-order valence-corrected chi connectivity index (χ4v) is 3.23. The lowest BCUT2D eigenvalue weighted by Gasteiger charge is -2.13. The molecule has 130 valence electrons. The average Bonchev–Trinajstić information content (AvgIpc) is 2.56. The van der Waals surface area contributed by atoms with Crippen LogP contribution in [0.2, 0.25) is 10.0 Å². The zero-order valence-electron chi connectivity index (χ0n) is 13.2. The molecule has 0 fully saturated rings. The molecule has 0 aromatic heterocycles. The molecule has 0 aliphatic heterocycles. The number of rotatable bonds is 4. The molecular weight excluding hydrogens is 385 g/mol. The minimum Gasteiger partial charge on any atom is -0.322 e. The number of benzene rings is 2. The number of nitriles is 1. The van der Waals surface area contributed by atoms with Crippen LogP contribution in [0.1, 0.15) is 15.9 Å². The van der Waals surface area contributed by atoms with Crippen LogP contribution in [0.15, 0.2) is 41.3 Å². The Morgan fingerprint density at radius 3 is 2.36 bits per heavy atom. The third-order valence-corrected chi connectivity index (χ3v) is 5.78. The number of hydrogen-bond acceptors (Lipinski definition) is 4. The Balaban J connectivity index is 2.39. The molecule has 0 atom stereocenters. The molecule has 2 aromatic rings. The second kappa shape index (κ2) is 7.42. The highest BCUT2D eigenvalue weighted by Crippen LogP contribution is 2.24. The lowest BCUT2D eigenvalue weighted by molar-refractivity contribution is 0.102. The van der Waals surface area contributed by atoms with Gasteiger partial charge in [-0.15, -0.1) is 0 Å². The summed E-state index contributed by atoms with van der Waals surface area (Å²) in [6.45, 7) is 0. The first-order chi connectivity index (χ1) is 11.7. The van der Waals surface area contributed by atoms with Gasteiger partial charge in [-0.3, -0.25) is 4.79 Å². The molecule has 0 aliphatic carbocycles. The van der Waals surface area contributed by atoms with E-state index in [2.05, 4.69) is 5.32 Å². The number of anilines is 1. The lowest BCUT2D eigenvalue weighted by Crippen LogP contribution is -2.23. The van der Waals surface area contributed by atoms with Crippen molar-refractivity contribution in [2.45, 2.75) is 4.90 Å². The molecule has 2 rings (SSSR count). The molecule has 9 heteroatoms. The van der Waals surface area contributed by atoms with Crippen LogP contribution in [0.4, 0.5) is 5.69 Å². The van der Waals surface area contributed by atoms with Gasteiger partial charge in [0.15, 0.2) is 0 Å². The number of nitrogens with zero attached hydrogens (tertiary/aromatic N) is 2. The van der Waals surface area contributed by atoms with Crippen molar-refractivity contribution in [3.63, 3.8) is 0 Å². The molecule has 0 heterocycles. The number of amides is 1. The molecule has 0 unspecified atom stereocenters. The van der Waals surface area contributed by atoms with Gasteiger partial charge in [-0.1, -0.05) is 23.2 Å². The second-order valence-electron chi connectivity index (χ2n) is 5.19. The van der Waals surface area contributed by atoms with Crippen molar-refractivity contribution in [3.05, 3.63) is 57.6 Å². The summed E-state index contributed by atoms with van der Waals surface area (Å²) in [5.41, 5.74) is 0.537. The van der Waals surface area contributed by atoms with Gasteiger partial charge in [0, 0.05) is 19.8 Å². The predicted molar refractivity (Wildman–Crippen MR) is 96.4 cm³/mol. The van der Waals surface area contributed by atoms with Gasteiger partial charge in [0.2, 0.25) is 10.0 Å². The zero-order valence-corrected chi connectivity index (χ0v) is 15.6. The fourth-order valence-electron chi connectivity index (χ4n) is 1.94. The maximum absolute atomic E-state index is 12.4. The van der Waals surface area contributed by atoms with Gasteiger partial charge in [-0.05, 0) is 36.4 Å². The Bertz CT molecular complexity index is 983. The van der Waals surface area contributed by atoms with E-state index in [-0.39, 0.29) is 26.1 Å². The molecule has 2 aromatic carbocycles. The van der Waals surface area contributed by atoms with Gasteiger partial charge in [0.25, 0.3) is 5.91 Å². The van der Waals surface area contributed by atoms with E-state index in [1.165, 1.54) is 50.5 Å². The molecule has 25 heavy (non-hydrogen) atoms. The summed E-state index contributed by atoms with van der Waals surface area (Å²) >= 11 is 11.9. The molecule has 0 bridgehead atoms. The van der Waals surface area contributed by atoms with Crippen LogP contribution in [0.25, 0.3) is 0 Å². The molecular formula is C16H13Cl2N3O3S. The molecule has 0 saturated carbocycles. The SMILES string of the molecule is CN(C)S(=O)(=O)c1ccc(Cl)c(C(=O)Nc2ccc(Cl)c(C#N)c2)c1. The van der Waals surface area contributed by atoms with Crippen LogP contribution in [0.5, 0.6) is 0 Å². The second-order valence-corrected chi connectivity index (χ2v) is 8.16. The van der Waals surface area contributed by atoms with E-state index < -0.39 is 15.9 Å². The number of sulfonamides is 1. The summed E-state index contributed by atoms with van der Waals surface area (Å²) in [4.78, 5) is 12.4. The number of carbonyl (C=O) groups excluding carboxylic acids is 1. The zero-order chi connectivity index (χ0) is 18.8. The van der Waals surface area contributed by atoms with Crippen LogP contribution >= 0.6 is 23.2 Å². The van der Waals surface area contributed by atoms with Gasteiger partial charge < -0.3 is 5.32 Å². The fraction of sp³-hybridized carbons (Fsp3) is 0.125. The van der Waals surface area contributed by atoms with Gasteiger partial charge in [-0.25, -0.2) is 12.7 Å². The molecule has 0 radical (unpaired) electrons. The van der Waals surface area contributed by atoms with E-state index in [1.54, 1.807) is 0 Å². The smallest absolute Gasteiger partial charge is 0.257 e. The molecule has 0 spiro atoms. The Morgan fingerprint density at radius 1 is 1.12 bits per heavy atom. The average molecular weight is 398 g/mol. The highest BCUT2D eigenvalue weighted by molar-refractivity contribution is 7.89. The highest BCUT2D eigenvalue weighted by atomic mass is 35.5. The molecule has 1 N–H and O–H groups in total. The summed E-state index contributed by atoms with van der Waals surface area (Å²) in [5.74, 6) is -0.605. The third-order valence-electron chi connectivity index (χ3n) is 3.31. The Hall–Kier alpha value is -2.11. The van der Waals surface area contributed by atoms with E-state index >= 15 is 0 Å². The topological polar surface area (TPSA) is 90.3 Å². The largest absolute Gasteiger partial charge is 0.322 e. The van der Waals surface area contributed by atoms with Crippen molar-refractivity contribution in [2.24, 2.45) is 0 Å². The summed E-state index contributed by atoms with van der Waals surface area (Å²) < 4.78 is 25.4. The van der Waals surface area contributed by atoms with Crippen molar-refractivity contribution < 1.29 is 13.2 Å². The first kappa shape index (κ1) is 19.2. The maximum atomic E-state index is 12.4. The lowest BCUT2D eigenvalue weighted by atomic mass is 10.2. The number of hydrogen-bond donors (Lipinski definition) is 1. The van der Waals surface area contributed by atoms with Crippen molar-refractivity contribution in [1.29, 1.82) is 5.26 Å². The first-order valence-corrected chi connectivity index (χ1v) is 9.09. The van der Waals surface area contributed by atoms with Crippen molar-refractivity contribution in [1.82, 2.24) is 4.31 Å². The van der Waals surface area contributed by atoms with E-state index in [9.17, 15) is 13.2 Å². The van der Waals surface area contributed by atoms with Crippen LogP contribution in [-0.2, 0) is 10.0 Å². The van der Waals surface area contributed by atoms with Crippen LogP contribution < -0.4 is 5.32 Å². The third kappa shape index (κ3) is 4.11. The Morgan fingerprint density at radius 2 is 1.76 bits per heavy atom. The Kier molecular flexibility index (Phi) is 5.70. The Labute approximate surface area is 155 Å². The highest BCUT2D eigenvalue weighted by Gasteiger charge is 2.21. The van der Waals surface area contributed by atoms with Gasteiger partial charge in [-0.2, -0.15) is 5.26 Å². The minimum atomic E-state index is -3.70. The minimum absolute atomic E-state index is 0.00181. The summed E-state index contributed by atoms with van der Waals surface area (Å²) in [5, 5.41) is 11.9. The normalized spacial score (nSPS) is 11.2. The van der Waals surface area contributed by atoms with Crippen molar-refractivity contribution >= 4 is 44.8 Å². The molecule has 0 aliphatic rings. The van der Waals surface area contributed by atoms with Crippen LogP contribution in [0.3, 0.4) is 0 Å². The molecule has 0 saturated heterocycles. The van der Waals surface area contributed by atoms with Crippen molar-refractivity contribution in [3.8, 4) is 6.07 Å². The van der Waals surface area contributed by atoms with Gasteiger partial charge in [0.05, 0.1) is 26.1 Å². The maximum Gasteiger partial charge on any atom is 0.257 e. The predicted octanol–water partition coefficient (Wildman–Crippen LogP) is 3.37. The van der Waals surface area contributed by atoms with Gasteiger partial charge >= 0.3 is 0 Å². The van der Waals surface area contributed by atoms with Gasteiger partial charge in [0.1, 0.15) is 6.07 Å². The van der Waals surface area contributed by atoms with Crippen molar-refractivity contribution in [2.75, 3.05) is 19.4 Å². The molecule has 1 amide bonds. The molecule has 6 nitrogen and oxygen atoms in total. The standard InChI is InChI=1S/C16H13Cl2N3O3S/c1-21(2)25(23,24)12-4-6-15(18)13(8-12)16(22)20-11-3-5-14(17)10(7-11)9-19/h3-8H,1-2H3,(H,20,22). The van der Waals surface area contributed by atoms with E-state index in [1.807, 2.05) is 6.07 Å². The first-order valence-electron chi connectivity index (χ1n) is 6.90. The number of carbonyl (C=O) groups is 1.